The molecule has 0 aromatic heterocycles. The summed E-state index contributed by atoms with van der Waals surface area (Å²) in [7, 11) is 0. The number of carbonyl (C=O) groups is 1. The third-order valence-corrected chi connectivity index (χ3v) is 3.47. The highest BCUT2D eigenvalue weighted by atomic mass is 16.5. The molecule has 0 aliphatic heterocycles. The van der Waals surface area contributed by atoms with Crippen LogP contribution in [0.15, 0.2) is 42.5 Å². The first-order valence-electron chi connectivity index (χ1n) is 8.11. The van der Waals surface area contributed by atoms with Gasteiger partial charge in [-0.15, -0.1) is 0 Å². The van der Waals surface area contributed by atoms with Crippen molar-refractivity contribution >= 4 is 5.78 Å². The largest absolute Gasteiger partial charge is 0.507 e. The maximum absolute atomic E-state index is 12.5. The van der Waals surface area contributed by atoms with Crippen molar-refractivity contribution in [3.05, 3.63) is 53.6 Å². The van der Waals surface area contributed by atoms with Crippen LogP contribution >= 0.6 is 0 Å². The van der Waals surface area contributed by atoms with Gasteiger partial charge in [0.15, 0.2) is 5.78 Å². The van der Waals surface area contributed by atoms with E-state index in [1.54, 1.807) is 30.3 Å². The molecule has 0 fully saturated rings. The molecule has 3 N–H and O–H groups in total. The predicted octanol–water partition coefficient (Wildman–Crippen LogP) is 2.15. The Morgan fingerprint density at radius 2 is 1.40 bits per heavy atom. The van der Waals surface area contributed by atoms with E-state index in [-0.39, 0.29) is 30.3 Å². The number of phenolic OH excluding ortho intramolecular Hbond substituents is 1. The summed E-state index contributed by atoms with van der Waals surface area (Å²) in [4.78, 5) is 12.5. The zero-order valence-corrected chi connectivity index (χ0v) is 13.9. The van der Waals surface area contributed by atoms with Gasteiger partial charge in [-0.05, 0) is 36.4 Å². The van der Waals surface area contributed by atoms with Gasteiger partial charge in [0.25, 0.3) is 0 Å². The topological polar surface area (TPSA) is 96.2 Å². The molecule has 0 spiro atoms. The minimum absolute atomic E-state index is 0.0300. The number of rotatable bonds is 10. The van der Waals surface area contributed by atoms with Crippen LogP contribution in [0.25, 0.3) is 0 Å². The second-order valence-corrected chi connectivity index (χ2v) is 5.38. The van der Waals surface area contributed by atoms with Crippen LogP contribution in [0.2, 0.25) is 0 Å². The van der Waals surface area contributed by atoms with E-state index in [2.05, 4.69) is 0 Å². The lowest BCUT2D eigenvalue weighted by atomic mass is 10.0. The van der Waals surface area contributed by atoms with E-state index in [1.165, 1.54) is 12.1 Å². The highest BCUT2D eigenvalue weighted by Gasteiger charge is 2.14. The lowest BCUT2D eigenvalue weighted by molar-refractivity contribution is 0.103. The summed E-state index contributed by atoms with van der Waals surface area (Å²) in [5, 5.41) is 27.5. The molecule has 2 aromatic carbocycles. The van der Waals surface area contributed by atoms with Crippen LogP contribution in [0.5, 0.6) is 17.2 Å². The fourth-order valence-corrected chi connectivity index (χ4v) is 2.16. The molecule has 6 heteroatoms. The van der Waals surface area contributed by atoms with E-state index in [9.17, 15) is 9.90 Å². The molecule has 0 aliphatic rings. The van der Waals surface area contributed by atoms with E-state index >= 15 is 0 Å². The van der Waals surface area contributed by atoms with Crippen molar-refractivity contribution in [2.24, 2.45) is 0 Å². The van der Waals surface area contributed by atoms with Crippen LogP contribution in [0.4, 0.5) is 0 Å². The normalized spacial score (nSPS) is 10.5. The molecule has 0 saturated heterocycles. The first-order chi connectivity index (χ1) is 12.2. The lowest BCUT2D eigenvalue weighted by Gasteiger charge is -2.09. The molecule has 0 atom stereocenters. The monoisotopic (exact) mass is 346 g/mol. The number of ether oxygens (including phenoxy) is 2. The van der Waals surface area contributed by atoms with Crippen LogP contribution in [-0.4, -0.2) is 47.5 Å². The summed E-state index contributed by atoms with van der Waals surface area (Å²) < 4.78 is 10.8. The van der Waals surface area contributed by atoms with Gasteiger partial charge < -0.3 is 24.8 Å². The Bertz CT molecular complexity index is 681. The summed E-state index contributed by atoms with van der Waals surface area (Å²) in [6.07, 6.45) is 1.04. The molecule has 2 aromatic rings. The molecular weight excluding hydrogens is 324 g/mol. The number of carbonyl (C=O) groups excluding carboxylic acids is 1. The second kappa shape index (κ2) is 9.66. The molecule has 2 rings (SSSR count). The number of phenols is 1. The molecule has 25 heavy (non-hydrogen) atoms. The molecule has 0 heterocycles. The van der Waals surface area contributed by atoms with Crippen LogP contribution in [0, 0.1) is 0 Å². The summed E-state index contributed by atoms with van der Waals surface area (Å²) in [5.41, 5.74) is 0.613. The molecule has 0 bridgehead atoms. The van der Waals surface area contributed by atoms with Crippen LogP contribution < -0.4 is 9.47 Å². The van der Waals surface area contributed by atoms with E-state index in [1.807, 2.05) is 0 Å². The first kappa shape index (κ1) is 18.8. The van der Waals surface area contributed by atoms with E-state index in [4.69, 9.17) is 19.7 Å². The fraction of sp³-hybridized carbons (Fsp3) is 0.316. The van der Waals surface area contributed by atoms with Gasteiger partial charge in [0, 0.05) is 37.7 Å². The summed E-state index contributed by atoms with van der Waals surface area (Å²) in [5.74, 6) is 0.591. The van der Waals surface area contributed by atoms with E-state index in [0.29, 0.717) is 43.1 Å². The molecule has 0 radical (unpaired) electrons. The third kappa shape index (κ3) is 5.48. The summed E-state index contributed by atoms with van der Waals surface area (Å²) in [6.45, 7) is 0.834. The SMILES string of the molecule is O=C(c1ccc(OCCCO)cc1)c1ccc(OCCCO)cc1O. The van der Waals surface area contributed by atoms with E-state index < -0.39 is 0 Å². The lowest BCUT2D eigenvalue weighted by Crippen LogP contribution is -2.04. The van der Waals surface area contributed by atoms with Gasteiger partial charge in [-0.25, -0.2) is 0 Å². The van der Waals surface area contributed by atoms with Crippen molar-refractivity contribution in [2.45, 2.75) is 12.8 Å². The number of hydrogen-bond donors (Lipinski definition) is 3. The van der Waals surface area contributed by atoms with Gasteiger partial charge in [0.2, 0.25) is 0 Å². The average molecular weight is 346 g/mol. The second-order valence-electron chi connectivity index (χ2n) is 5.38. The molecular formula is C19H22O6. The minimum atomic E-state index is -0.304. The standard InChI is InChI=1S/C19H22O6/c20-9-1-11-24-15-5-3-14(4-6-15)19(23)17-8-7-16(13-18(17)22)25-12-2-10-21/h3-8,13,20-22H,1-2,9-12H2. The number of aliphatic hydroxyl groups is 2. The quantitative estimate of drug-likeness (QED) is 0.451. The Kier molecular flexibility index (Phi) is 7.25. The Labute approximate surface area is 146 Å². The predicted molar refractivity (Wildman–Crippen MR) is 92.4 cm³/mol. The molecule has 6 nitrogen and oxygen atoms in total. The van der Waals surface area contributed by atoms with Gasteiger partial charge >= 0.3 is 0 Å². The highest BCUT2D eigenvalue weighted by molar-refractivity contribution is 6.10. The minimum Gasteiger partial charge on any atom is -0.507 e. The van der Waals surface area contributed by atoms with Crippen molar-refractivity contribution < 1.29 is 29.6 Å². The summed E-state index contributed by atoms with van der Waals surface area (Å²) in [6, 6.07) is 11.1. The van der Waals surface area contributed by atoms with Crippen molar-refractivity contribution in [3.8, 4) is 17.2 Å². The first-order valence-corrected chi connectivity index (χ1v) is 8.11. The van der Waals surface area contributed by atoms with Gasteiger partial charge in [-0.3, -0.25) is 4.79 Å². The molecule has 134 valence electrons. The molecule has 0 saturated carbocycles. The van der Waals surface area contributed by atoms with Crippen molar-refractivity contribution in [1.82, 2.24) is 0 Å². The summed E-state index contributed by atoms with van der Waals surface area (Å²) >= 11 is 0. The highest BCUT2D eigenvalue weighted by Crippen LogP contribution is 2.26. The van der Waals surface area contributed by atoms with Gasteiger partial charge in [0.1, 0.15) is 17.2 Å². The van der Waals surface area contributed by atoms with Gasteiger partial charge in [-0.2, -0.15) is 0 Å². The zero-order valence-electron chi connectivity index (χ0n) is 13.9. The molecule has 0 aliphatic carbocycles. The van der Waals surface area contributed by atoms with E-state index in [0.717, 1.165) is 0 Å². The Morgan fingerprint density at radius 1 is 0.840 bits per heavy atom. The van der Waals surface area contributed by atoms with Gasteiger partial charge in [-0.1, -0.05) is 0 Å². The zero-order chi connectivity index (χ0) is 18.1. The van der Waals surface area contributed by atoms with Crippen molar-refractivity contribution in [3.63, 3.8) is 0 Å². The Balaban J connectivity index is 2.04. The van der Waals surface area contributed by atoms with Crippen molar-refractivity contribution in [2.75, 3.05) is 26.4 Å². The average Bonchev–Trinajstić information content (AvgIpc) is 2.62. The maximum atomic E-state index is 12.5. The Morgan fingerprint density at radius 3 is 1.96 bits per heavy atom. The van der Waals surface area contributed by atoms with Gasteiger partial charge in [0.05, 0.1) is 18.8 Å². The van der Waals surface area contributed by atoms with Crippen LogP contribution in [0.3, 0.4) is 0 Å². The Hall–Kier alpha value is -2.57. The maximum Gasteiger partial charge on any atom is 0.196 e. The number of benzene rings is 2. The number of aromatic hydroxyl groups is 1. The third-order valence-electron chi connectivity index (χ3n) is 3.47. The number of aliphatic hydroxyl groups excluding tert-OH is 2. The number of ketones is 1. The van der Waals surface area contributed by atoms with Crippen molar-refractivity contribution in [1.29, 1.82) is 0 Å². The fourth-order valence-electron chi connectivity index (χ4n) is 2.16. The molecule has 0 amide bonds. The number of hydrogen-bond acceptors (Lipinski definition) is 6. The van der Waals surface area contributed by atoms with Crippen LogP contribution in [0.1, 0.15) is 28.8 Å². The molecule has 0 unspecified atom stereocenters. The smallest absolute Gasteiger partial charge is 0.196 e. The van der Waals surface area contributed by atoms with Crippen LogP contribution in [-0.2, 0) is 0 Å².